The lowest BCUT2D eigenvalue weighted by Crippen LogP contribution is -2.12. The summed E-state index contributed by atoms with van der Waals surface area (Å²) in [7, 11) is 1.94. The Morgan fingerprint density at radius 1 is 1.11 bits per heavy atom. The number of rotatable bonds is 4. The van der Waals surface area contributed by atoms with Crippen LogP contribution in [0.3, 0.4) is 0 Å². The van der Waals surface area contributed by atoms with Crippen molar-refractivity contribution in [3.8, 4) is 11.6 Å². The summed E-state index contributed by atoms with van der Waals surface area (Å²) in [5.74, 6) is 1.46. The van der Waals surface area contributed by atoms with Crippen LogP contribution in [0.4, 0.5) is 0 Å². The molecule has 0 fully saturated rings. The van der Waals surface area contributed by atoms with Crippen LogP contribution >= 0.6 is 0 Å². The van der Waals surface area contributed by atoms with Crippen LogP contribution in [-0.4, -0.2) is 12.0 Å². The number of nitrogens with one attached hydrogen (secondary N) is 1. The van der Waals surface area contributed by atoms with Gasteiger partial charge < -0.3 is 10.1 Å². The van der Waals surface area contributed by atoms with Crippen molar-refractivity contribution in [1.82, 2.24) is 10.3 Å². The minimum Gasteiger partial charge on any atom is -0.439 e. The molecule has 0 aliphatic rings. The Morgan fingerprint density at radius 2 is 1.79 bits per heavy atom. The first kappa shape index (κ1) is 13.6. The largest absolute Gasteiger partial charge is 0.439 e. The summed E-state index contributed by atoms with van der Waals surface area (Å²) < 4.78 is 5.84. The third-order valence-corrected chi connectivity index (χ3v) is 3.11. The molecule has 1 N–H and O–H groups in total. The molecular weight excluding hydrogens is 236 g/mol. The quantitative estimate of drug-likeness (QED) is 0.904. The highest BCUT2D eigenvalue weighted by Gasteiger charge is 2.06. The normalized spacial score (nSPS) is 12.2. The van der Waals surface area contributed by atoms with Gasteiger partial charge in [0, 0.05) is 18.3 Å². The van der Waals surface area contributed by atoms with Gasteiger partial charge in [-0.1, -0.05) is 6.07 Å². The molecular formula is C16H20N2O. The summed E-state index contributed by atoms with van der Waals surface area (Å²) in [6.07, 6.45) is 1.78. The molecule has 0 saturated carbocycles. The van der Waals surface area contributed by atoms with Crippen LogP contribution in [-0.2, 0) is 0 Å². The van der Waals surface area contributed by atoms with E-state index in [1.54, 1.807) is 6.20 Å². The number of hydrogen-bond donors (Lipinski definition) is 1. The van der Waals surface area contributed by atoms with E-state index in [-0.39, 0.29) is 6.04 Å². The predicted molar refractivity (Wildman–Crippen MR) is 77.7 cm³/mol. The first-order valence-corrected chi connectivity index (χ1v) is 6.48. The maximum absolute atomic E-state index is 5.84. The maximum Gasteiger partial charge on any atom is 0.219 e. The van der Waals surface area contributed by atoms with Gasteiger partial charge in [0.2, 0.25) is 5.88 Å². The number of nitrogens with zero attached hydrogens (tertiary/aromatic N) is 1. The second kappa shape index (κ2) is 5.85. The van der Waals surface area contributed by atoms with Crippen molar-refractivity contribution in [2.24, 2.45) is 0 Å². The first-order chi connectivity index (χ1) is 9.08. The van der Waals surface area contributed by atoms with E-state index >= 15 is 0 Å². The first-order valence-electron chi connectivity index (χ1n) is 6.48. The topological polar surface area (TPSA) is 34.2 Å². The fourth-order valence-corrected chi connectivity index (χ4v) is 2.03. The van der Waals surface area contributed by atoms with Gasteiger partial charge in [-0.25, -0.2) is 4.98 Å². The van der Waals surface area contributed by atoms with Crippen LogP contribution in [0.1, 0.15) is 29.7 Å². The van der Waals surface area contributed by atoms with E-state index in [1.165, 1.54) is 11.1 Å². The summed E-state index contributed by atoms with van der Waals surface area (Å²) in [5, 5.41) is 3.21. The summed E-state index contributed by atoms with van der Waals surface area (Å²) >= 11 is 0. The molecule has 0 aliphatic carbocycles. The zero-order valence-electron chi connectivity index (χ0n) is 11.9. The minimum atomic E-state index is 0.282. The van der Waals surface area contributed by atoms with Gasteiger partial charge in [0.05, 0.1) is 0 Å². The number of hydrogen-bond acceptors (Lipinski definition) is 3. The fourth-order valence-electron chi connectivity index (χ4n) is 2.03. The average Bonchev–Trinajstić information content (AvgIpc) is 2.37. The van der Waals surface area contributed by atoms with E-state index in [0.717, 1.165) is 11.3 Å². The van der Waals surface area contributed by atoms with Crippen molar-refractivity contribution < 1.29 is 4.74 Å². The molecule has 0 aliphatic heterocycles. The minimum absolute atomic E-state index is 0.282. The molecule has 0 saturated heterocycles. The smallest absolute Gasteiger partial charge is 0.219 e. The molecule has 1 aromatic heterocycles. The fraction of sp³-hybridized carbons (Fsp3) is 0.312. The Balaban J connectivity index is 2.23. The van der Waals surface area contributed by atoms with Crippen molar-refractivity contribution >= 4 is 0 Å². The van der Waals surface area contributed by atoms with Gasteiger partial charge in [0.1, 0.15) is 5.75 Å². The molecule has 19 heavy (non-hydrogen) atoms. The van der Waals surface area contributed by atoms with Crippen LogP contribution in [0.15, 0.2) is 36.5 Å². The van der Waals surface area contributed by atoms with Gasteiger partial charge in [0.25, 0.3) is 0 Å². The molecule has 3 nitrogen and oxygen atoms in total. The Morgan fingerprint density at radius 3 is 2.42 bits per heavy atom. The number of aromatic nitrogens is 1. The van der Waals surface area contributed by atoms with Gasteiger partial charge >= 0.3 is 0 Å². The Labute approximate surface area is 114 Å². The number of benzene rings is 1. The lowest BCUT2D eigenvalue weighted by molar-refractivity contribution is 0.460. The standard InChI is InChI=1S/C16H20N2O/c1-11-7-12(2)9-15(8-11)19-16-10-14(5-6-18-16)13(3)17-4/h5-10,13,17H,1-4H3. The predicted octanol–water partition coefficient (Wildman–Crippen LogP) is 3.77. The molecule has 0 spiro atoms. The average molecular weight is 256 g/mol. The van der Waals surface area contributed by atoms with E-state index in [0.29, 0.717) is 5.88 Å². The monoisotopic (exact) mass is 256 g/mol. The highest BCUT2D eigenvalue weighted by Crippen LogP contribution is 2.24. The zero-order valence-corrected chi connectivity index (χ0v) is 11.9. The summed E-state index contributed by atoms with van der Waals surface area (Å²) in [6, 6.07) is 10.4. The van der Waals surface area contributed by atoms with Crippen molar-refractivity contribution in [3.63, 3.8) is 0 Å². The van der Waals surface area contributed by atoms with Gasteiger partial charge in [0.15, 0.2) is 0 Å². The second-order valence-corrected chi connectivity index (χ2v) is 4.86. The molecule has 100 valence electrons. The van der Waals surface area contributed by atoms with Crippen molar-refractivity contribution in [2.45, 2.75) is 26.8 Å². The van der Waals surface area contributed by atoms with Gasteiger partial charge in [-0.3, -0.25) is 0 Å². The number of aryl methyl sites for hydroxylation is 2. The van der Waals surface area contributed by atoms with E-state index in [2.05, 4.69) is 37.1 Å². The third-order valence-electron chi connectivity index (χ3n) is 3.11. The molecule has 1 unspecified atom stereocenters. The zero-order chi connectivity index (χ0) is 13.8. The van der Waals surface area contributed by atoms with Crippen LogP contribution in [0.2, 0.25) is 0 Å². The summed E-state index contributed by atoms with van der Waals surface area (Å²) in [6.45, 7) is 6.23. The van der Waals surface area contributed by atoms with Gasteiger partial charge in [-0.05, 0) is 62.7 Å². The van der Waals surface area contributed by atoms with Gasteiger partial charge in [-0.15, -0.1) is 0 Å². The number of pyridine rings is 1. The molecule has 0 radical (unpaired) electrons. The molecule has 0 bridgehead atoms. The molecule has 1 aromatic carbocycles. The molecule has 3 heteroatoms. The van der Waals surface area contributed by atoms with Crippen LogP contribution in [0.5, 0.6) is 11.6 Å². The van der Waals surface area contributed by atoms with E-state index < -0.39 is 0 Å². The van der Waals surface area contributed by atoms with Crippen LogP contribution in [0.25, 0.3) is 0 Å². The molecule has 1 atom stereocenters. The van der Waals surface area contributed by atoms with E-state index in [4.69, 9.17) is 4.74 Å². The Bertz CT molecular complexity index is 546. The molecule has 0 amide bonds. The molecule has 2 rings (SSSR count). The second-order valence-electron chi connectivity index (χ2n) is 4.86. The van der Waals surface area contributed by atoms with Crippen molar-refractivity contribution in [2.75, 3.05) is 7.05 Å². The SMILES string of the molecule is CNC(C)c1ccnc(Oc2cc(C)cc(C)c2)c1. The van der Waals surface area contributed by atoms with Crippen LogP contribution in [0, 0.1) is 13.8 Å². The van der Waals surface area contributed by atoms with E-state index in [1.807, 2.05) is 31.3 Å². The Kier molecular flexibility index (Phi) is 4.17. The molecule has 2 aromatic rings. The van der Waals surface area contributed by atoms with Crippen molar-refractivity contribution in [3.05, 3.63) is 53.2 Å². The van der Waals surface area contributed by atoms with Crippen LogP contribution < -0.4 is 10.1 Å². The third kappa shape index (κ3) is 3.55. The maximum atomic E-state index is 5.84. The highest BCUT2D eigenvalue weighted by molar-refractivity contribution is 5.36. The van der Waals surface area contributed by atoms with Crippen molar-refractivity contribution in [1.29, 1.82) is 0 Å². The highest BCUT2D eigenvalue weighted by atomic mass is 16.5. The lowest BCUT2D eigenvalue weighted by atomic mass is 10.1. The molecule has 1 heterocycles. The van der Waals surface area contributed by atoms with Gasteiger partial charge in [-0.2, -0.15) is 0 Å². The number of ether oxygens (including phenoxy) is 1. The summed E-state index contributed by atoms with van der Waals surface area (Å²) in [4.78, 5) is 4.26. The summed E-state index contributed by atoms with van der Waals surface area (Å²) in [5.41, 5.74) is 3.54. The Hall–Kier alpha value is -1.87. The van der Waals surface area contributed by atoms with E-state index in [9.17, 15) is 0 Å². The lowest BCUT2D eigenvalue weighted by Gasteiger charge is -2.12.